The lowest BCUT2D eigenvalue weighted by atomic mass is 9.74. The zero-order valence-corrected chi connectivity index (χ0v) is 15.4. The van der Waals surface area contributed by atoms with E-state index in [9.17, 15) is 5.11 Å². The summed E-state index contributed by atoms with van der Waals surface area (Å²) in [5, 5.41) is 15.1. The standard InChI is InChI=1S/C20H27NO5/c1-4-6-11-25-20-16(17(22)19-15(23-3)10-12-24-19)18(26-21-20)14(5-2)13-8-7-9-13/h5,10,12-14,17,22H,2,4,6-9,11H2,1,3H3/t14-,17?/m1/s1. The van der Waals surface area contributed by atoms with Crippen molar-refractivity contribution >= 4 is 0 Å². The number of hydrogen-bond acceptors (Lipinski definition) is 6. The third-order valence-electron chi connectivity index (χ3n) is 5.07. The number of aliphatic hydroxyl groups is 1. The molecule has 1 aliphatic rings. The molecule has 6 heteroatoms. The van der Waals surface area contributed by atoms with Crippen LogP contribution < -0.4 is 9.47 Å². The molecule has 142 valence electrons. The second kappa shape index (κ2) is 8.45. The van der Waals surface area contributed by atoms with Crippen molar-refractivity contribution in [2.24, 2.45) is 5.92 Å². The largest absolute Gasteiger partial charge is 0.493 e. The van der Waals surface area contributed by atoms with Gasteiger partial charge in [0, 0.05) is 12.0 Å². The highest BCUT2D eigenvalue weighted by Crippen LogP contribution is 2.46. The minimum atomic E-state index is -1.08. The van der Waals surface area contributed by atoms with Crippen molar-refractivity contribution in [3.63, 3.8) is 0 Å². The van der Waals surface area contributed by atoms with Crippen molar-refractivity contribution in [2.75, 3.05) is 13.7 Å². The lowest BCUT2D eigenvalue weighted by Crippen LogP contribution is -2.20. The quantitative estimate of drug-likeness (QED) is 0.492. The van der Waals surface area contributed by atoms with E-state index in [-0.39, 0.29) is 5.92 Å². The fourth-order valence-electron chi connectivity index (χ4n) is 3.32. The Bertz CT molecular complexity index is 716. The first-order valence-corrected chi connectivity index (χ1v) is 9.25. The second-order valence-corrected chi connectivity index (χ2v) is 6.68. The molecule has 26 heavy (non-hydrogen) atoms. The highest BCUT2D eigenvalue weighted by atomic mass is 16.5. The number of allylic oxidation sites excluding steroid dienone is 1. The summed E-state index contributed by atoms with van der Waals surface area (Å²) in [6.07, 6.45) is 7.61. The number of aromatic nitrogens is 1. The van der Waals surface area contributed by atoms with Gasteiger partial charge in [-0.2, -0.15) is 0 Å². The molecule has 2 aromatic rings. The van der Waals surface area contributed by atoms with Crippen LogP contribution in [-0.4, -0.2) is 24.0 Å². The van der Waals surface area contributed by atoms with E-state index >= 15 is 0 Å². The number of furan rings is 1. The Morgan fingerprint density at radius 3 is 2.85 bits per heavy atom. The lowest BCUT2D eigenvalue weighted by Gasteiger charge is -2.31. The molecule has 0 saturated heterocycles. The molecule has 0 amide bonds. The van der Waals surface area contributed by atoms with Gasteiger partial charge in [-0.3, -0.25) is 0 Å². The summed E-state index contributed by atoms with van der Waals surface area (Å²) in [4.78, 5) is 0. The van der Waals surface area contributed by atoms with Crippen molar-refractivity contribution < 1.29 is 23.5 Å². The summed E-state index contributed by atoms with van der Waals surface area (Å²) < 4.78 is 22.2. The minimum absolute atomic E-state index is 0.00891. The molecule has 2 heterocycles. The van der Waals surface area contributed by atoms with Gasteiger partial charge in [-0.15, -0.1) is 6.58 Å². The van der Waals surface area contributed by atoms with Crippen LogP contribution in [0, 0.1) is 5.92 Å². The highest BCUT2D eigenvalue weighted by Gasteiger charge is 2.37. The van der Waals surface area contributed by atoms with Crippen LogP contribution in [0.4, 0.5) is 0 Å². The molecule has 2 aromatic heterocycles. The average Bonchev–Trinajstić information content (AvgIpc) is 3.24. The molecule has 1 aliphatic carbocycles. The summed E-state index contributed by atoms with van der Waals surface area (Å²) in [5.41, 5.74) is 0.506. The van der Waals surface area contributed by atoms with Crippen LogP contribution in [0.1, 0.15) is 68.1 Å². The van der Waals surface area contributed by atoms with Crippen molar-refractivity contribution in [2.45, 2.75) is 51.0 Å². The summed E-state index contributed by atoms with van der Waals surface area (Å²) in [6.45, 7) is 6.57. The Kier molecular flexibility index (Phi) is 6.04. The molecular weight excluding hydrogens is 334 g/mol. The van der Waals surface area contributed by atoms with E-state index in [2.05, 4.69) is 18.7 Å². The zero-order chi connectivity index (χ0) is 18.5. The van der Waals surface area contributed by atoms with Gasteiger partial charge in [0.05, 0.1) is 25.5 Å². The van der Waals surface area contributed by atoms with Crippen LogP contribution in [0.15, 0.2) is 33.9 Å². The maximum absolute atomic E-state index is 11.0. The van der Waals surface area contributed by atoms with Crippen LogP contribution in [0.25, 0.3) is 0 Å². The molecule has 6 nitrogen and oxygen atoms in total. The van der Waals surface area contributed by atoms with Crippen molar-refractivity contribution in [3.05, 3.63) is 42.1 Å². The van der Waals surface area contributed by atoms with Gasteiger partial charge in [0.2, 0.25) is 0 Å². The predicted octanol–water partition coefficient (Wildman–Crippen LogP) is 4.61. The number of hydrogen-bond donors (Lipinski definition) is 1. The van der Waals surface area contributed by atoms with Crippen LogP contribution in [0.3, 0.4) is 0 Å². The number of nitrogens with zero attached hydrogens (tertiary/aromatic N) is 1. The highest BCUT2D eigenvalue weighted by molar-refractivity contribution is 5.42. The Hall–Kier alpha value is -2.21. The van der Waals surface area contributed by atoms with E-state index in [4.69, 9.17) is 18.4 Å². The van der Waals surface area contributed by atoms with E-state index in [1.165, 1.54) is 19.8 Å². The van der Waals surface area contributed by atoms with Gasteiger partial charge >= 0.3 is 0 Å². The van der Waals surface area contributed by atoms with Gasteiger partial charge < -0.3 is 23.5 Å². The fourth-order valence-corrected chi connectivity index (χ4v) is 3.32. The topological polar surface area (TPSA) is 77.9 Å². The number of rotatable bonds is 10. The summed E-state index contributed by atoms with van der Waals surface area (Å²) in [7, 11) is 1.54. The molecule has 0 aliphatic heterocycles. The Balaban J connectivity index is 1.97. The fraction of sp³-hybridized carbons (Fsp3) is 0.550. The number of ether oxygens (including phenoxy) is 2. The van der Waals surface area contributed by atoms with Gasteiger partial charge in [0.1, 0.15) is 6.10 Å². The van der Waals surface area contributed by atoms with E-state index in [0.29, 0.717) is 41.2 Å². The molecule has 0 spiro atoms. The monoisotopic (exact) mass is 361 g/mol. The smallest absolute Gasteiger partial charge is 0.260 e. The van der Waals surface area contributed by atoms with Crippen molar-refractivity contribution in [1.82, 2.24) is 5.16 Å². The van der Waals surface area contributed by atoms with E-state index in [1.807, 2.05) is 6.08 Å². The van der Waals surface area contributed by atoms with Crippen molar-refractivity contribution in [3.8, 4) is 11.6 Å². The first-order valence-electron chi connectivity index (χ1n) is 9.25. The van der Waals surface area contributed by atoms with E-state index in [1.54, 1.807) is 6.07 Å². The zero-order valence-electron chi connectivity index (χ0n) is 15.4. The summed E-state index contributed by atoms with van der Waals surface area (Å²) in [5.74, 6) is 2.14. The molecule has 0 bridgehead atoms. The second-order valence-electron chi connectivity index (χ2n) is 6.68. The molecule has 0 radical (unpaired) electrons. The van der Waals surface area contributed by atoms with E-state index in [0.717, 1.165) is 25.7 Å². The van der Waals surface area contributed by atoms with Crippen LogP contribution >= 0.6 is 0 Å². The number of methoxy groups -OCH3 is 1. The third-order valence-corrected chi connectivity index (χ3v) is 5.07. The maximum atomic E-state index is 11.0. The lowest BCUT2D eigenvalue weighted by molar-refractivity contribution is 0.172. The van der Waals surface area contributed by atoms with Crippen LogP contribution in [0.2, 0.25) is 0 Å². The Morgan fingerprint density at radius 1 is 1.42 bits per heavy atom. The van der Waals surface area contributed by atoms with Crippen LogP contribution in [-0.2, 0) is 0 Å². The Morgan fingerprint density at radius 2 is 2.23 bits per heavy atom. The van der Waals surface area contributed by atoms with Gasteiger partial charge in [-0.25, -0.2) is 0 Å². The van der Waals surface area contributed by atoms with Gasteiger partial charge in [-0.05, 0) is 30.3 Å². The normalized spacial score (nSPS) is 16.7. The van der Waals surface area contributed by atoms with E-state index < -0.39 is 6.10 Å². The molecule has 0 aromatic carbocycles. The van der Waals surface area contributed by atoms with Gasteiger partial charge in [0.15, 0.2) is 17.3 Å². The molecule has 1 saturated carbocycles. The van der Waals surface area contributed by atoms with Crippen LogP contribution in [0.5, 0.6) is 11.6 Å². The summed E-state index contributed by atoms with van der Waals surface area (Å²) in [6, 6.07) is 1.67. The van der Waals surface area contributed by atoms with Gasteiger partial charge in [-0.1, -0.05) is 25.8 Å². The molecule has 1 unspecified atom stereocenters. The van der Waals surface area contributed by atoms with Crippen molar-refractivity contribution in [1.29, 1.82) is 0 Å². The first-order chi connectivity index (χ1) is 12.7. The molecule has 2 atom stereocenters. The minimum Gasteiger partial charge on any atom is -0.493 e. The molecule has 1 N–H and O–H groups in total. The number of aliphatic hydroxyl groups excluding tert-OH is 1. The molecular formula is C20H27NO5. The Labute approximate surface area is 153 Å². The number of unbranched alkanes of at least 4 members (excludes halogenated alkanes) is 1. The summed E-state index contributed by atoms with van der Waals surface area (Å²) >= 11 is 0. The SMILES string of the molecule is C=C[C@@H](c1onc(OCCCC)c1C(O)c1occc1OC)C1CCC1. The molecule has 3 rings (SSSR count). The van der Waals surface area contributed by atoms with Gasteiger partial charge in [0.25, 0.3) is 5.88 Å². The average molecular weight is 361 g/mol. The predicted molar refractivity (Wildman–Crippen MR) is 96.5 cm³/mol. The first kappa shape index (κ1) is 18.6. The third kappa shape index (κ3) is 3.51. The maximum Gasteiger partial charge on any atom is 0.260 e. The molecule has 1 fully saturated rings.